The van der Waals surface area contributed by atoms with Crippen LogP contribution in [0, 0.1) is 12.7 Å². The van der Waals surface area contributed by atoms with Gasteiger partial charge in [0.25, 0.3) is 0 Å². The van der Waals surface area contributed by atoms with Crippen LogP contribution in [0.3, 0.4) is 0 Å². The lowest BCUT2D eigenvalue weighted by atomic mass is 10.2. The highest BCUT2D eigenvalue weighted by atomic mass is 19.1. The van der Waals surface area contributed by atoms with E-state index in [1.165, 1.54) is 35.2 Å². The summed E-state index contributed by atoms with van der Waals surface area (Å²) < 4.78 is 15.9. The average Bonchev–Trinajstić information content (AvgIpc) is 2.39. The van der Waals surface area contributed by atoms with Gasteiger partial charge in [-0.05, 0) is 19.1 Å². The maximum absolute atomic E-state index is 13.5. The number of nitrogens with zero attached hydrogens (tertiary/aromatic N) is 2. The molecular formula is C14H13FN2O2. The van der Waals surface area contributed by atoms with Gasteiger partial charge in [0.05, 0.1) is 5.69 Å². The van der Waals surface area contributed by atoms with Gasteiger partial charge in [-0.1, -0.05) is 12.1 Å². The first-order valence-electron chi connectivity index (χ1n) is 5.74. The van der Waals surface area contributed by atoms with Crippen LogP contribution in [-0.2, 0) is 6.54 Å². The van der Waals surface area contributed by atoms with E-state index in [0.717, 1.165) is 4.57 Å². The van der Waals surface area contributed by atoms with Crippen LogP contribution in [0.15, 0.2) is 52.8 Å². The Labute approximate surface area is 109 Å². The molecule has 0 bridgehead atoms. The fourth-order valence-corrected chi connectivity index (χ4v) is 1.84. The minimum absolute atomic E-state index is 0.261. The lowest BCUT2D eigenvalue weighted by Crippen LogP contribution is -2.40. The third-order valence-corrected chi connectivity index (χ3v) is 2.88. The quantitative estimate of drug-likeness (QED) is 0.622. The number of aromatic nitrogens is 2. The number of hydrogen-bond acceptors (Lipinski definition) is 2. The maximum atomic E-state index is 13.5. The van der Waals surface area contributed by atoms with Crippen LogP contribution in [0.5, 0.6) is 0 Å². The van der Waals surface area contributed by atoms with Crippen molar-refractivity contribution >= 4 is 0 Å². The van der Waals surface area contributed by atoms with Crippen LogP contribution < -0.4 is 11.1 Å². The molecule has 98 valence electrons. The molecule has 5 heteroatoms. The van der Waals surface area contributed by atoms with Crippen LogP contribution in [0.25, 0.3) is 5.69 Å². The maximum Gasteiger partial charge on any atom is 0.320 e. The molecule has 0 saturated carbocycles. The number of allylic oxidation sites excluding steroid dienone is 1. The Bertz CT molecular complexity index is 744. The molecule has 0 aliphatic heterocycles. The van der Waals surface area contributed by atoms with Gasteiger partial charge in [0.15, 0.2) is 0 Å². The van der Waals surface area contributed by atoms with Crippen molar-refractivity contribution in [2.75, 3.05) is 0 Å². The van der Waals surface area contributed by atoms with Crippen LogP contribution in [0.2, 0.25) is 0 Å². The Morgan fingerprint density at radius 2 is 2.00 bits per heavy atom. The molecule has 1 aromatic heterocycles. The molecule has 1 heterocycles. The van der Waals surface area contributed by atoms with Crippen molar-refractivity contribution in [3.05, 3.63) is 75.3 Å². The molecule has 2 aromatic rings. The topological polar surface area (TPSA) is 44.0 Å². The predicted octanol–water partition coefficient (Wildman–Crippen LogP) is 1.63. The van der Waals surface area contributed by atoms with Gasteiger partial charge in [-0.2, -0.15) is 0 Å². The SMILES string of the molecule is C=CCn1ccn(-c2cccc(F)c2C)c(=O)c1=O. The molecule has 0 N–H and O–H groups in total. The summed E-state index contributed by atoms with van der Waals surface area (Å²) in [6.07, 6.45) is 4.46. The molecule has 0 aliphatic rings. The zero-order chi connectivity index (χ0) is 14.0. The van der Waals surface area contributed by atoms with Crippen LogP contribution in [0.4, 0.5) is 4.39 Å². The van der Waals surface area contributed by atoms with Crippen molar-refractivity contribution in [2.24, 2.45) is 0 Å². The largest absolute Gasteiger partial charge is 0.320 e. The summed E-state index contributed by atoms with van der Waals surface area (Å²) in [6.45, 7) is 5.34. The van der Waals surface area contributed by atoms with E-state index in [1.807, 2.05) is 0 Å². The molecule has 0 fully saturated rings. The van der Waals surface area contributed by atoms with Gasteiger partial charge in [0.2, 0.25) is 0 Å². The molecule has 0 saturated heterocycles. The zero-order valence-electron chi connectivity index (χ0n) is 10.5. The number of hydrogen-bond donors (Lipinski definition) is 0. The third kappa shape index (κ3) is 2.27. The van der Waals surface area contributed by atoms with Crippen LogP contribution in [0.1, 0.15) is 5.56 Å². The summed E-state index contributed by atoms with van der Waals surface area (Å²) in [5.41, 5.74) is -0.678. The van der Waals surface area contributed by atoms with Gasteiger partial charge in [-0.3, -0.25) is 14.2 Å². The number of halogens is 1. The lowest BCUT2D eigenvalue weighted by Gasteiger charge is -2.10. The Hall–Kier alpha value is -2.43. The van der Waals surface area contributed by atoms with E-state index in [1.54, 1.807) is 13.0 Å². The van der Waals surface area contributed by atoms with E-state index in [4.69, 9.17) is 0 Å². The summed E-state index contributed by atoms with van der Waals surface area (Å²) in [5, 5.41) is 0. The standard InChI is InChI=1S/C14H13FN2O2/c1-3-7-16-8-9-17(14(19)13(16)18)12-6-4-5-11(15)10(12)2/h3-6,8-9H,1,7H2,2H3. The molecule has 0 unspecified atom stereocenters. The molecule has 0 atom stereocenters. The Morgan fingerprint density at radius 3 is 2.68 bits per heavy atom. The number of rotatable bonds is 3. The predicted molar refractivity (Wildman–Crippen MR) is 71.2 cm³/mol. The van der Waals surface area contributed by atoms with Crippen molar-refractivity contribution in [3.8, 4) is 5.69 Å². The van der Waals surface area contributed by atoms with Crippen molar-refractivity contribution in [1.82, 2.24) is 9.13 Å². The lowest BCUT2D eigenvalue weighted by molar-refractivity contribution is 0.615. The zero-order valence-corrected chi connectivity index (χ0v) is 10.5. The first-order valence-corrected chi connectivity index (χ1v) is 5.74. The fraction of sp³-hybridized carbons (Fsp3) is 0.143. The molecule has 0 aliphatic carbocycles. The summed E-state index contributed by atoms with van der Waals surface area (Å²) >= 11 is 0. The first-order chi connectivity index (χ1) is 9.06. The van der Waals surface area contributed by atoms with Gasteiger partial charge in [-0.15, -0.1) is 6.58 Å². The monoisotopic (exact) mass is 260 g/mol. The second kappa shape index (κ2) is 5.06. The molecule has 19 heavy (non-hydrogen) atoms. The molecule has 1 aromatic carbocycles. The third-order valence-electron chi connectivity index (χ3n) is 2.88. The van der Waals surface area contributed by atoms with Gasteiger partial charge in [0, 0.05) is 24.5 Å². The highest BCUT2D eigenvalue weighted by molar-refractivity contribution is 5.40. The first kappa shape index (κ1) is 13.0. The second-order valence-corrected chi connectivity index (χ2v) is 4.10. The average molecular weight is 260 g/mol. The van der Waals surface area contributed by atoms with Gasteiger partial charge in [0.1, 0.15) is 5.82 Å². The summed E-state index contributed by atoms with van der Waals surface area (Å²) in [7, 11) is 0. The van der Waals surface area contributed by atoms with Crippen molar-refractivity contribution in [3.63, 3.8) is 0 Å². The molecule has 0 spiro atoms. The molecule has 4 nitrogen and oxygen atoms in total. The van der Waals surface area contributed by atoms with Crippen LogP contribution >= 0.6 is 0 Å². The summed E-state index contributed by atoms with van der Waals surface area (Å²) in [5.74, 6) is -0.417. The number of benzene rings is 1. The Morgan fingerprint density at radius 1 is 1.26 bits per heavy atom. The van der Waals surface area contributed by atoms with E-state index < -0.39 is 16.9 Å². The van der Waals surface area contributed by atoms with E-state index >= 15 is 0 Å². The second-order valence-electron chi connectivity index (χ2n) is 4.10. The van der Waals surface area contributed by atoms with Gasteiger partial charge < -0.3 is 4.57 Å². The Kier molecular flexibility index (Phi) is 3.46. The van der Waals surface area contributed by atoms with Crippen molar-refractivity contribution in [1.29, 1.82) is 0 Å². The minimum Gasteiger partial charge on any atom is -0.306 e. The van der Waals surface area contributed by atoms with E-state index in [2.05, 4.69) is 6.58 Å². The summed E-state index contributed by atoms with van der Waals surface area (Å²) in [4.78, 5) is 23.8. The minimum atomic E-state index is -0.710. The summed E-state index contributed by atoms with van der Waals surface area (Å²) in [6, 6.07) is 4.40. The van der Waals surface area contributed by atoms with Gasteiger partial charge in [-0.25, -0.2) is 4.39 Å². The highest BCUT2D eigenvalue weighted by Gasteiger charge is 2.10. The molecule has 0 amide bonds. The van der Waals surface area contributed by atoms with E-state index in [0.29, 0.717) is 11.3 Å². The van der Waals surface area contributed by atoms with E-state index in [-0.39, 0.29) is 6.54 Å². The molecular weight excluding hydrogens is 247 g/mol. The molecule has 2 rings (SSSR count). The Balaban J connectivity index is 2.68. The molecule has 0 radical (unpaired) electrons. The van der Waals surface area contributed by atoms with Crippen LogP contribution in [-0.4, -0.2) is 9.13 Å². The van der Waals surface area contributed by atoms with Crippen molar-refractivity contribution < 1.29 is 4.39 Å². The smallest absolute Gasteiger partial charge is 0.306 e. The van der Waals surface area contributed by atoms with E-state index in [9.17, 15) is 14.0 Å². The normalized spacial score (nSPS) is 10.4. The fourth-order valence-electron chi connectivity index (χ4n) is 1.84. The van der Waals surface area contributed by atoms with Crippen molar-refractivity contribution in [2.45, 2.75) is 13.5 Å². The van der Waals surface area contributed by atoms with Gasteiger partial charge >= 0.3 is 11.1 Å². The highest BCUT2D eigenvalue weighted by Crippen LogP contribution is 2.14.